The molecular formula is C24H22N2O4. The highest BCUT2D eigenvalue weighted by Crippen LogP contribution is 2.31. The topological polar surface area (TPSA) is 84.4 Å². The average molecular weight is 402 g/mol. The second-order valence-corrected chi connectivity index (χ2v) is 6.78. The van der Waals surface area contributed by atoms with Crippen LogP contribution in [0, 0.1) is 0 Å². The number of aromatic nitrogens is 2. The van der Waals surface area contributed by atoms with E-state index < -0.39 is 5.97 Å². The number of nitrogens with zero attached hydrogens (tertiary/aromatic N) is 1. The molecule has 30 heavy (non-hydrogen) atoms. The Hall–Kier alpha value is -3.80. The maximum atomic E-state index is 11.6. The van der Waals surface area contributed by atoms with Crippen molar-refractivity contribution >= 4 is 16.9 Å². The summed E-state index contributed by atoms with van der Waals surface area (Å²) in [5, 5.41) is 10.2. The van der Waals surface area contributed by atoms with Gasteiger partial charge in [0.15, 0.2) is 0 Å². The molecule has 0 radical (unpaired) electrons. The molecule has 4 rings (SSSR count). The van der Waals surface area contributed by atoms with Crippen LogP contribution in [0.2, 0.25) is 0 Å². The van der Waals surface area contributed by atoms with Crippen molar-refractivity contribution in [1.29, 1.82) is 0 Å². The van der Waals surface area contributed by atoms with Gasteiger partial charge < -0.3 is 19.6 Å². The highest BCUT2D eigenvalue weighted by atomic mass is 16.5. The summed E-state index contributed by atoms with van der Waals surface area (Å²) in [5.41, 5.74) is 3.37. The van der Waals surface area contributed by atoms with Crippen LogP contribution in [0.25, 0.3) is 22.2 Å². The van der Waals surface area contributed by atoms with Crippen LogP contribution in [0.15, 0.2) is 66.9 Å². The van der Waals surface area contributed by atoms with Crippen LogP contribution in [0.4, 0.5) is 0 Å². The number of rotatable bonds is 8. The Morgan fingerprint density at radius 1 is 1.03 bits per heavy atom. The van der Waals surface area contributed by atoms with Crippen molar-refractivity contribution in [2.45, 2.75) is 13.3 Å². The minimum Gasteiger partial charge on any atom is -0.494 e. The zero-order valence-corrected chi connectivity index (χ0v) is 16.6. The summed E-state index contributed by atoms with van der Waals surface area (Å²) in [6.07, 6.45) is 2.37. The molecule has 6 nitrogen and oxygen atoms in total. The van der Waals surface area contributed by atoms with Crippen LogP contribution in [-0.4, -0.2) is 34.3 Å². The number of ether oxygens (including phenoxy) is 2. The molecule has 0 saturated carbocycles. The van der Waals surface area contributed by atoms with Gasteiger partial charge in [0, 0.05) is 23.6 Å². The van der Waals surface area contributed by atoms with E-state index in [1.54, 1.807) is 12.3 Å². The van der Waals surface area contributed by atoms with Crippen LogP contribution < -0.4 is 9.47 Å². The maximum Gasteiger partial charge on any atom is 0.352 e. The number of fused-ring (bicyclic) bond motifs is 1. The number of carboxylic acid groups (broad SMARTS) is 1. The van der Waals surface area contributed by atoms with E-state index in [2.05, 4.69) is 9.97 Å². The van der Waals surface area contributed by atoms with E-state index in [4.69, 9.17) is 9.47 Å². The number of carbonyl (C=O) groups is 1. The lowest BCUT2D eigenvalue weighted by molar-refractivity contribution is 0.0691. The van der Waals surface area contributed by atoms with Gasteiger partial charge in [0.25, 0.3) is 0 Å². The fourth-order valence-corrected chi connectivity index (χ4v) is 3.40. The summed E-state index contributed by atoms with van der Waals surface area (Å²) in [6, 6.07) is 18.9. The minimum atomic E-state index is -1.01. The van der Waals surface area contributed by atoms with Crippen LogP contribution >= 0.6 is 0 Å². The summed E-state index contributed by atoms with van der Waals surface area (Å²) < 4.78 is 11.4. The molecule has 4 aromatic rings. The summed E-state index contributed by atoms with van der Waals surface area (Å²) >= 11 is 0. The number of benzene rings is 2. The van der Waals surface area contributed by atoms with Gasteiger partial charge in [-0.15, -0.1) is 0 Å². The van der Waals surface area contributed by atoms with Gasteiger partial charge in [0.1, 0.15) is 17.2 Å². The number of carboxylic acids is 1. The van der Waals surface area contributed by atoms with Gasteiger partial charge in [-0.2, -0.15) is 0 Å². The summed E-state index contributed by atoms with van der Waals surface area (Å²) in [6.45, 7) is 2.96. The van der Waals surface area contributed by atoms with Crippen LogP contribution in [0.1, 0.15) is 23.0 Å². The van der Waals surface area contributed by atoms with Crippen LogP contribution in [0.5, 0.6) is 11.5 Å². The zero-order chi connectivity index (χ0) is 20.9. The standard InChI is InChI=1S/C24H22N2O4/c1-2-29-19-10-6-7-16(13-19)22-20-14-21(24(27)28)26-23(20)17(15-25-22)11-12-30-18-8-4-3-5-9-18/h3-10,13-15,26H,2,11-12H2,1H3,(H,27,28). The Kier molecular flexibility index (Phi) is 5.66. The summed E-state index contributed by atoms with van der Waals surface area (Å²) in [7, 11) is 0. The third-order valence-corrected chi connectivity index (χ3v) is 4.78. The highest BCUT2D eigenvalue weighted by Gasteiger charge is 2.16. The molecule has 0 unspecified atom stereocenters. The Morgan fingerprint density at radius 3 is 2.60 bits per heavy atom. The molecular weight excluding hydrogens is 380 g/mol. The number of hydrogen-bond acceptors (Lipinski definition) is 4. The molecule has 0 spiro atoms. The van der Waals surface area contributed by atoms with Gasteiger partial charge in [0.2, 0.25) is 0 Å². The quantitative estimate of drug-likeness (QED) is 0.436. The fourth-order valence-electron chi connectivity index (χ4n) is 3.40. The first-order valence-corrected chi connectivity index (χ1v) is 9.80. The fraction of sp³-hybridized carbons (Fsp3) is 0.167. The monoisotopic (exact) mass is 402 g/mol. The first-order chi connectivity index (χ1) is 14.7. The molecule has 0 atom stereocenters. The van der Waals surface area contributed by atoms with Gasteiger partial charge in [-0.05, 0) is 42.8 Å². The minimum absolute atomic E-state index is 0.130. The molecule has 2 aromatic carbocycles. The lowest BCUT2D eigenvalue weighted by atomic mass is 10.0. The molecule has 2 heterocycles. The lowest BCUT2D eigenvalue weighted by Gasteiger charge is -2.10. The van der Waals surface area contributed by atoms with Gasteiger partial charge in [-0.3, -0.25) is 4.98 Å². The SMILES string of the molecule is CCOc1cccc(-c2ncc(CCOc3ccccc3)c3[nH]c(C(=O)O)cc23)c1. The van der Waals surface area contributed by atoms with Crippen molar-refractivity contribution in [2.75, 3.05) is 13.2 Å². The van der Waals surface area contributed by atoms with Gasteiger partial charge in [-0.25, -0.2) is 4.79 Å². The van der Waals surface area contributed by atoms with Gasteiger partial charge in [0.05, 0.1) is 24.4 Å². The van der Waals surface area contributed by atoms with Crippen LogP contribution in [-0.2, 0) is 6.42 Å². The van der Waals surface area contributed by atoms with Crippen molar-refractivity contribution in [3.05, 3.63) is 78.1 Å². The molecule has 0 amide bonds. The van der Waals surface area contributed by atoms with Crippen molar-refractivity contribution in [3.8, 4) is 22.8 Å². The van der Waals surface area contributed by atoms with Crippen molar-refractivity contribution < 1.29 is 19.4 Å². The maximum absolute atomic E-state index is 11.6. The van der Waals surface area contributed by atoms with E-state index in [9.17, 15) is 9.90 Å². The zero-order valence-electron chi connectivity index (χ0n) is 16.6. The van der Waals surface area contributed by atoms with E-state index >= 15 is 0 Å². The van der Waals surface area contributed by atoms with Crippen molar-refractivity contribution in [3.63, 3.8) is 0 Å². The summed E-state index contributed by atoms with van der Waals surface area (Å²) in [5.74, 6) is 0.537. The molecule has 0 aliphatic carbocycles. The first kappa shape index (κ1) is 19.5. The first-order valence-electron chi connectivity index (χ1n) is 9.80. The second-order valence-electron chi connectivity index (χ2n) is 6.78. The Labute approximate surface area is 174 Å². The average Bonchev–Trinajstić information content (AvgIpc) is 3.21. The Morgan fingerprint density at radius 2 is 1.83 bits per heavy atom. The third kappa shape index (κ3) is 4.12. The Balaban J connectivity index is 1.68. The lowest BCUT2D eigenvalue weighted by Crippen LogP contribution is -2.03. The van der Waals surface area contributed by atoms with Crippen molar-refractivity contribution in [1.82, 2.24) is 9.97 Å². The molecule has 2 aromatic heterocycles. The highest BCUT2D eigenvalue weighted by molar-refractivity contribution is 6.00. The number of hydrogen-bond donors (Lipinski definition) is 2. The molecule has 6 heteroatoms. The molecule has 152 valence electrons. The van der Waals surface area contributed by atoms with Gasteiger partial charge >= 0.3 is 5.97 Å². The molecule has 0 aliphatic rings. The molecule has 0 bridgehead atoms. The normalized spacial score (nSPS) is 10.8. The van der Waals surface area contributed by atoms with E-state index in [0.29, 0.717) is 25.3 Å². The molecule has 2 N–H and O–H groups in total. The van der Waals surface area contributed by atoms with Crippen LogP contribution in [0.3, 0.4) is 0 Å². The van der Waals surface area contributed by atoms with E-state index in [-0.39, 0.29) is 5.69 Å². The molecule has 0 aliphatic heterocycles. The number of nitrogens with one attached hydrogen (secondary N) is 1. The Bertz CT molecular complexity index is 1170. The number of aromatic amines is 1. The number of aromatic carboxylic acids is 1. The number of pyridine rings is 1. The second kappa shape index (κ2) is 8.69. The van der Waals surface area contributed by atoms with E-state index in [1.807, 2.05) is 61.5 Å². The largest absolute Gasteiger partial charge is 0.494 e. The van der Waals surface area contributed by atoms with Crippen molar-refractivity contribution in [2.24, 2.45) is 0 Å². The summed E-state index contributed by atoms with van der Waals surface area (Å²) in [4.78, 5) is 19.3. The smallest absolute Gasteiger partial charge is 0.352 e. The van der Waals surface area contributed by atoms with E-state index in [0.717, 1.165) is 33.5 Å². The number of H-pyrrole nitrogens is 1. The third-order valence-electron chi connectivity index (χ3n) is 4.78. The molecule has 0 fully saturated rings. The predicted octanol–water partition coefficient (Wildman–Crippen LogP) is 4.95. The van der Waals surface area contributed by atoms with E-state index in [1.165, 1.54) is 0 Å². The van der Waals surface area contributed by atoms with Gasteiger partial charge in [-0.1, -0.05) is 30.3 Å². The molecule has 0 saturated heterocycles. The number of para-hydroxylation sites is 1. The predicted molar refractivity (Wildman–Crippen MR) is 115 cm³/mol.